The highest BCUT2D eigenvalue weighted by Gasteiger charge is 2.33. The summed E-state index contributed by atoms with van der Waals surface area (Å²) in [4.78, 5) is 2.54. The van der Waals surface area contributed by atoms with E-state index in [2.05, 4.69) is 20.8 Å². The molecular weight excluding hydrogens is 254 g/mol. The molecule has 0 aromatic heterocycles. The van der Waals surface area contributed by atoms with Gasteiger partial charge in [-0.3, -0.25) is 4.90 Å². The maximum atomic E-state index is 9.71. The molecule has 3 atom stereocenters. The average molecular weight is 276 g/mol. The van der Waals surface area contributed by atoms with Gasteiger partial charge in [0.25, 0.3) is 0 Å². The van der Waals surface area contributed by atoms with Crippen LogP contribution in [0.15, 0.2) is 0 Å². The van der Waals surface area contributed by atoms with Gasteiger partial charge in [0.2, 0.25) is 0 Å². The van der Waals surface area contributed by atoms with Crippen LogP contribution in [-0.2, 0) is 0 Å². The molecule has 0 bridgehead atoms. The van der Waals surface area contributed by atoms with Crippen LogP contribution < -0.4 is 0 Å². The third-order valence-corrected chi connectivity index (χ3v) is 4.73. The molecule has 0 aromatic carbocycles. The molecule has 1 aliphatic carbocycles. The zero-order valence-corrected chi connectivity index (χ0v) is 11.0. The van der Waals surface area contributed by atoms with Crippen LogP contribution in [-0.4, -0.2) is 40.6 Å². The third-order valence-electron chi connectivity index (χ3n) is 3.98. The fourth-order valence-electron chi connectivity index (χ4n) is 3.27. The van der Waals surface area contributed by atoms with Gasteiger partial charge in [0.15, 0.2) is 0 Å². The highest BCUT2D eigenvalue weighted by molar-refractivity contribution is 9.09. The van der Waals surface area contributed by atoms with Crippen LogP contribution in [0.3, 0.4) is 0 Å². The molecule has 0 aromatic rings. The van der Waals surface area contributed by atoms with E-state index in [9.17, 15) is 5.11 Å². The molecule has 88 valence electrons. The number of alkyl halides is 1. The molecule has 1 saturated heterocycles. The van der Waals surface area contributed by atoms with E-state index in [0.29, 0.717) is 5.33 Å². The van der Waals surface area contributed by atoms with Gasteiger partial charge in [0, 0.05) is 17.9 Å². The Bertz CT molecular complexity index is 198. The predicted octanol–water partition coefficient (Wildman–Crippen LogP) is 2.40. The SMILES string of the molecule is OC(CBr)CN1CCCC2CCCCC21. The lowest BCUT2D eigenvalue weighted by molar-refractivity contribution is 0.0276. The number of β-amino-alcohol motifs (C(OH)–C–C–N with tert-alkyl or cyclic N) is 1. The van der Waals surface area contributed by atoms with E-state index in [0.717, 1.165) is 18.5 Å². The summed E-state index contributed by atoms with van der Waals surface area (Å²) < 4.78 is 0. The Morgan fingerprint density at radius 3 is 2.73 bits per heavy atom. The van der Waals surface area contributed by atoms with Gasteiger partial charge in [0.1, 0.15) is 0 Å². The highest BCUT2D eigenvalue weighted by atomic mass is 79.9. The number of hydrogen-bond donors (Lipinski definition) is 1. The Hall–Kier alpha value is 0.400. The minimum absolute atomic E-state index is 0.189. The summed E-state index contributed by atoms with van der Waals surface area (Å²) in [7, 11) is 0. The molecule has 2 aliphatic rings. The Labute approximate surface area is 101 Å². The number of halogens is 1. The van der Waals surface area contributed by atoms with Crippen molar-refractivity contribution in [2.45, 2.75) is 50.7 Å². The average Bonchev–Trinajstić information content (AvgIpc) is 2.29. The molecule has 3 unspecified atom stereocenters. The van der Waals surface area contributed by atoms with E-state index in [1.54, 1.807) is 0 Å². The number of piperidine rings is 1. The monoisotopic (exact) mass is 275 g/mol. The number of likely N-dealkylation sites (tertiary alicyclic amines) is 1. The lowest BCUT2D eigenvalue weighted by atomic mass is 9.78. The van der Waals surface area contributed by atoms with Crippen molar-refractivity contribution in [1.82, 2.24) is 4.90 Å². The molecule has 15 heavy (non-hydrogen) atoms. The van der Waals surface area contributed by atoms with Gasteiger partial charge in [-0.25, -0.2) is 0 Å². The summed E-state index contributed by atoms with van der Waals surface area (Å²) >= 11 is 3.35. The number of aliphatic hydroxyl groups excluding tert-OH is 1. The van der Waals surface area contributed by atoms with Gasteiger partial charge in [0.05, 0.1) is 6.10 Å². The van der Waals surface area contributed by atoms with Gasteiger partial charge >= 0.3 is 0 Å². The lowest BCUT2D eigenvalue weighted by Crippen LogP contribution is -2.49. The van der Waals surface area contributed by atoms with Crippen molar-refractivity contribution in [3.8, 4) is 0 Å². The summed E-state index contributed by atoms with van der Waals surface area (Å²) in [5.74, 6) is 0.926. The van der Waals surface area contributed by atoms with Crippen molar-refractivity contribution in [3.05, 3.63) is 0 Å². The van der Waals surface area contributed by atoms with E-state index < -0.39 is 0 Å². The van der Waals surface area contributed by atoms with E-state index in [1.807, 2.05) is 0 Å². The minimum atomic E-state index is -0.189. The Balaban J connectivity index is 1.91. The standard InChI is InChI=1S/C12H22BrNO/c13-8-11(15)9-14-7-3-5-10-4-1-2-6-12(10)14/h10-12,15H,1-9H2. The van der Waals surface area contributed by atoms with Crippen molar-refractivity contribution < 1.29 is 5.11 Å². The Morgan fingerprint density at radius 1 is 1.20 bits per heavy atom. The molecule has 1 aliphatic heterocycles. The quantitative estimate of drug-likeness (QED) is 0.800. The first-order chi connectivity index (χ1) is 7.31. The van der Waals surface area contributed by atoms with Crippen molar-refractivity contribution in [3.63, 3.8) is 0 Å². The summed E-state index contributed by atoms with van der Waals surface area (Å²) in [6.45, 7) is 2.07. The molecule has 0 spiro atoms. The van der Waals surface area contributed by atoms with E-state index in [1.165, 1.54) is 45.1 Å². The maximum Gasteiger partial charge on any atom is 0.0763 e. The molecule has 1 saturated carbocycles. The number of fused-ring (bicyclic) bond motifs is 1. The number of nitrogens with zero attached hydrogens (tertiary/aromatic N) is 1. The zero-order chi connectivity index (χ0) is 10.7. The molecule has 1 N–H and O–H groups in total. The normalized spacial score (nSPS) is 34.8. The maximum absolute atomic E-state index is 9.71. The van der Waals surface area contributed by atoms with Crippen LogP contribution in [0.2, 0.25) is 0 Å². The summed E-state index contributed by atoms with van der Waals surface area (Å²) in [5.41, 5.74) is 0. The molecule has 2 rings (SSSR count). The highest BCUT2D eigenvalue weighted by Crippen LogP contribution is 2.35. The second-order valence-electron chi connectivity index (χ2n) is 5.06. The van der Waals surface area contributed by atoms with Crippen molar-refractivity contribution in [2.75, 3.05) is 18.4 Å². The summed E-state index contributed by atoms with van der Waals surface area (Å²) in [6, 6.07) is 0.779. The van der Waals surface area contributed by atoms with Crippen LogP contribution in [0, 0.1) is 5.92 Å². The van der Waals surface area contributed by atoms with Crippen molar-refractivity contribution >= 4 is 15.9 Å². The van der Waals surface area contributed by atoms with Gasteiger partial charge in [-0.05, 0) is 38.1 Å². The van der Waals surface area contributed by atoms with Crippen LogP contribution >= 0.6 is 15.9 Å². The summed E-state index contributed by atoms with van der Waals surface area (Å²) in [6.07, 6.45) is 8.16. The molecule has 0 radical (unpaired) electrons. The van der Waals surface area contributed by atoms with Gasteiger partial charge in [-0.15, -0.1) is 0 Å². The van der Waals surface area contributed by atoms with Crippen molar-refractivity contribution in [2.24, 2.45) is 5.92 Å². The third kappa shape index (κ3) is 2.95. The van der Waals surface area contributed by atoms with Crippen LogP contribution in [0.5, 0.6) is 0 Å². The lowest BCUT2D eigenvalue weighted by Gasteiger charge is -2.44. The fraction of sp³-hybridized carbons (Fsp3) is 1.00. The van der Waals surface area contributed by atoms with E-state index >= 15 is 0 Å². The first-order valence-corrected chi connectivity index (χ1v) is 7.41. The first kappa shape index (κ1) is 11.9. The van der Waals surface area contributed by atoms with E-state index in [-0.39, 0.29) is 6.10 Å². The molecule has 0 amide bonds. The molecule has 3 heteroatoms. The smallest absolute Gasteiger partial charge is 0.0763 e. The van der Waals surface area contributed by atoms with Crippen molar-refractivity contribution in [1.29, 1.82) is 0 Å². The number of aliphatic hydroxyl groups is 1. The topological polar surface area (TPSA) is 23.5 Å². The number of rotatable bonds is 3. The molecule has 2 fully saturated rings. The Kier molecular flexibility index (Phi) is 4.47. The van der Waals surface area contributed by atoms with Gasteiger partial charge in [-0.1, -0.05) is 28.8 Å². The molecule has 1 heterocycles. The largest absolute Gasteiger partial charge is 0.391 e. The fourth-order valence-corrected chi connectivity index (χ4v) is 3.48. The van der Waals surface area contributed by atoms with Gasteiger partial charge < -0.3 is 5.11 Å². The number of hydrogen-bond acceptors (Lipinski definition) is 2. The minimum Gasteiger partial charge on any atom is -0.391 e. The first-order valence-electron chi connectivity index (χ1n) is 6.29. The van der Waals surface area contributed by atoms with Gasteiger partial charge in [-0.2, -0.15) is 0 Å². The zero-order valence-electron chi connectivity index (χ0n) is 9.37. The van der Waals surface area contributed by atoms with Crippen LogP contribution in [0.4, 0.5) is 0 Å². The van der Waals surface area contributed by atoms with Crippen LogP contribution in [0.1, 0.15) is 38.5 Å². The second kappa shape index (κ2) is 5.65. The predicted molar refractivity (Wildman–Crippen MR) is 66.4 cm³/mol. The second-order valence-corrected chi connectivity index (χ2v) is 5.70. The van der Waals surface area contributed by atoms with Crippen LogP contribution in [0.25, 0.3) is 0 Å². The Morgan fingerprint density at radius 2 is 1.93 bits per heavy atom. The molecule has 2 nitrogen and oxygen atoms in total. The molecular formula is C12H22BrNO. The van der Waals surface area contributed by atoms with E-state index in [4.69, 9.17) is 0 Å². The summed E-state index contributed by atoms with van der Waals surface area (Å²) in [5, 5.41) is 10.4.